The molecule has 0 saturated heterocycles. The van der Waals surface area contributed by atoms with E-state index in [4.69, 9.17) is 16.3 Å². The maximum Gasteiger partial charge on any atom is 0.222 e. The van der Waals surface area contributed by atoms with Gasteiger partial charge in [-0.25, -0.2) is 0 Å². The zero-order valence-corrected chi connectivity index (χ0v) is 16.8. The van der Waals surface area contributed by atoms with Crippen molar-refractivity contribution in [3.63, 3.8) is 0 Å². The van der Waals surface area contributed by atoms with E-state index in [-0.39, 0.29) is 11.9 Å². The van der Waals surface area contributed by atoms with E-state index in [0.717, 1.165) is 23.5 Å². The number of nitrogens with one attached hydrogen (secondary N) is 1. The molecule has 0 spiro atoms. The van der Waals surface area contributed by atoms with Gasteiger partial charge in [-0.1, -0.05) is 66.2 Å². The van der Waals surface area contributed by atoms with Gasteiger partial charge in [0.15, 0.2) is 0 Å². The third-order valence-corrected chi connectivity index (χ3v) is 5.32. The van der Waals surface area contributed by atoms with Crippen LogP contribution in [0.5, 0.6) is 5.75 Å². The number of rotatable bonds is 6. The normalized spacial score (nSPS) is 15.3. The molecule has 4 nitrogen and oxygen atoms in total. The molecule has 5 heteroatoms. The summed E-state index contributed by atoms with van der Waals surface area (Å²) in [6, 6.07) is 25.8. The van der Waals surface area contributed by atoms with Crippen molar-refractivity contribution in [3.8, 4) is 5.75 Å². The summed E-state index contributed by atoms with van der Waals surface area (Å²) < 4.78 is 5.94. The van der Waals surface area contributed by atoms with Gasteiger partial charge >= 0.3 is 0 Å². The molecule has 0 fully saturated rings. The predicted molar refractivity (Wildman–Crippen MR) is 116 cm³/mol. The molecule has 3 aromatic rings. The highest BCUT2D eigenvalue weighted by Gasteiger charge is 2.29. The topological polar surface area (TPSA) is 41.6 Å². The number of fused-ring (bicyclic) bond motifs is 1. The van der Waals surface area contributed by atoms with E-state index < -0.39 is 0 Å². The number of benzene rings is 3. The van der Waals surface area contributed by atoms with Crippen molar-refractivity contribution in [1.29, 1.82) is 0 Å². The van der Waals surface area contributed by atoms with Gasteiger partial charge < -0.3 is 15.0 Å². The number of anilines is 1. The molecule has 0 bridgehead atoms. The van der Waals surface area contributed by atoms with Crippen molar-refractivity contribution in [2.45, 2.75) is 25.6 Å². The number of ether oxygens (including phenoxy) is 1. The lowest BCUT2D eigenvalue weighted by Gasteiger charge is -2.38. The molecule has 0 radical (unpaired) electrons. The van der Waals surface area contributed by atoms with Crippen LogP contribution in [0.4, 0.5) is 5.69 Å². The zero-order valence-electron chi connectivity index (χ0n) is 16.1. The second-order valence-corrected chi connectivity index (χ2v) is 7.59. The van der Waals surface area contributed by atoms with E-state index in [1.54, 1.807) is 0 Å². The van der Waals surface area contributed by atoms with Crippen LogP contribution >= 0.6 is 11.6 Å². The van der Waals surface area contributed by atoms with Crippen LogP contribution in [-0.4, -0.2) is 18.6 Å². The van der Waals surface area contributed by atoms with Gasteiger partial charge in [-0.2, -0.15) is 0 Å². The van der Waals surface area contributed by atoms with E-state index in [0.29, 0.717) is 24.6 Å². The van der Waals surface area contributed by atoms with Crippen LogP contribution in [-0.2, 0) is 17.9 Å². The van der Waals surface area contributed by atoms with Crippen LogP contribution in [0, 0.1) is 0 Å². The van der Waals surface area contributed by atoms with Gasteiger partial charge in [-0.05, 0) is 35.4 Å². The lowest BCUT2D eigenvalue weighted by atomic mass is 10.1. The minimum Gasteiger partial charge on any atom is -0.489 e. The van der Waals surface area contributed by atoms with Gasteiger partial charge in [-0.3, -0.25) is 4.79 Å². The lowest BCUT2D eigenvalue weighted by Crippen LogP contribution is -2.45. The fraction of sp³-hybridized carbons (Fsp3) is 0.208. The molecular weight excluding hydrogens is 384 g/mol. The monoisotopic (exact) mass is 406 g/mol. The van der Waals surface area contributed by atoms with Crippen molar-refractivity contribution in [1.82, 2.24) is 5.32 Å². The Morgan fingerprint density at radius 3 is 2.48 bits per heavy atom. The summed E-state index contributed by atoms with van der Waals surface area (Å²) in [4.78, 5) is 14.9. The van der Waals surface area contributed by atoms with Gasteiger partial charge in [0.25, 0.3) is 0 Å². The Bertz CT molecular complexity index is 960. The summed E-state index contributed by atoms with van der Waals surface area (Å²) in [5.41, 5.74) is 3.25. The third-order valence-electron chi connectivity index (χ3n) is 5.07. The Kier molecular flexibility index (Phi) is 6.01. The van der Waals surface area contributed by atoms with Crippen LogP contribution in [0.3, 0.4) is 0 Å². The van der Waals surface area contributed by atoms with Crippen molar-refractivity contribution >= 4 is 23.2 Å². The van der Waals surface area contributed by atoms with Crippen molar-refractivity contribution in [2.75, 3.05) is 11.5 Å². The molecule has 148 valence electrons. The van der Waals surface area contributed by atoms with Gasteiger partial charge in [-0.15, -0.1) is 0 Å². The van der Waals surface area contributed by atoms with Gasteiger partial charge in [0.2, 0.25) is 5.91 Å². The summed E-state index contributed by atoms with van der Waals surface area (Å²) in [6.07, 6.45) is 0.370. The first kappa shape index (κ1) is 19.3. The number of carbonyl (C=O) groups excluding carboxylic acids is 1. The highest BCUT2D eigenvalue weighted by atomic mass is 35.5. The molecule has 1 unspecified atom stereocenters. The average Bonchev–Trinajstić information content (AvgIpc) is 2.76. The Balaban J connectivity index is 1.45. The quantitative estimate of drug-likeness (QED) is 0.638. The van der Waals surface area contributed by atoms with Crippen molar-refractivity contribution < 1.29 is 9.53 Å². The number of para-hydroxylation sites is 2. The summed E-state index contributed by atoms with van der Waals surface area (Å²) in [5, 5.41) is 3.70. The maximum atomic E-state index is 12.6. The lowest BCUT2D eigenvalue weighted by molar-refractivity contribution is -0.121. The summed E-state index contributed by atoms with van der Waals surface area (Å²) in [7, 11) is 0. The molecular formula is C24H23ClN2O2. The van der Waals surface area contributed by atoms with E-state index >= 15 is 0 Å². The Morgan fingerprint density at radius 2 is 1.69 bits per heavy atom. The molecule has 1 heterocycles. The summed E-state index contributed by atoms with van der Waals surface area (Å²) >= 11 is 5.92. The molecule has 4 rings (SSSR count). The fourth-order valence-electron chi connectivity index (χ4n) is 3.54. The van der Waals surface area contributed by atoms with Crippen LogP contribution in [0.1, 0.15) is 17.5 Å². The molecule has 29 heavy (non-hydrogen) atoms. The zero-order chi connectivity index (χ0) is 20.1. The molecule has 1 atom stereocenters. The van der Waals surface area contributed by atoms with Crippen molar-refractivity contribution in [3.05, 3.63) is 95.0 Å². The van der Waals surface area contributed by atoms with Crippen LogP contribution in [0.15, 0.2) is 78.9 Å². The van der Waals surface area contributed by atoms with Gasteiger partial charge in [0.1, 0.15) is 12.4 Å². The molecule has 1 aliphatic rings. The molecule has 0 saturated carbocycles. The molecule has 0 aliphatic carbocycles. The first-order valence-electron chi connectivity index (χ1n) is 9.72. The summed E-state index contributed by atoms with van der Waals surface area (Å²) in [5.74, 6) is 0.868. The number of amides is 1. The second kappa shape index (κ2) is 9.01. The van der Waals surface area contributed by atoms with Crippen LogP contribution in [0.25, 0.3) is 0 Å². The number of nitrogens with zero attached hydrogens (tertiary/aromatic N) is 1. The second-order valence-electron chi connectivity index (χ2n) is 7.15. The minimum absolute atomic E-state index is 0.00555. The predicted octanol–water partition coefficient (Wildman–Crippen LogP) is 4.81. The number of hydrogen-bond donors (Lipinski definition) is 1. The SMILES string of the molecule is O=C(CC1COc2ccccc2N1Cc1ccccc1)NCc1ccc(Cl)cc1. The number of carbonyl (C=O) groups is 1. The Labute approximate surface area is 176 Å². The minimum atomic E-state index is -0.0321. The average molecular weight is 407 g/mol. The fourth-order valence-corrected chi connectivity index (χ4v) is 3.67. The summed E-state index contributed by atoms with van der Waals surface area (Å²) in [6.45, 7) is 1.70. The van der Waals surface area contributed by atoms with Gasteiger partial charge in [0, 0.05) is 18.1 Å². The third kappa shape index (κ3) is 4.90. The highest BCUT2D eigenvalue weighted by molar-refractivity contribution is 6.30. The number of hydrogen-bond acceptors (Lipinski definition) is 3. The van der Waals surface area contributed by atoms with E-state index in [1.807, 2.05) is 60.7 Å². The Hall–Kier alpha value is -2.98. The van der Waals surface area contributed by atoms with Crippen LogP contribution in [0.2, 0.25) is 5.02 Å². The molecule has 1 amide bonds. The smallest absolute Gasteiger partial charge is 0.222 e. The molecule has 1 aliphatic heterocycles. The van der Waals surface area contributed by atoms with E-state index in [2.05, 4.69) is 28.4 Å². The molecule has 3 aromatic carbocycles. The van der Waals surface area contributed by atoms with Crippen LogP contribution < -0.4 is 15.0 Å². The first-order valence-corrected chi connectivity index (χ1v) is 10.1. The number of halogens is 1. The van der Waals surface area contributed by atoms with E-state index in [9.17, 15) is 4.79 Å². The molecule has 0 aromatic heterocycles. The van der Waals surface area contributed by atoms with Crippen molar-refractivity contribution in [2.24, 2.45) is 0 Å². The largest absolute Gasteiger partial charge is 0.489 e. The maximum absolute atomic E-state index is 12.6. The highest BCUT2D eigenvalue weighted by Crippen LogP contribution is 2.35. The van der Waals surface area contributed by atoms with E-state index in [1.165, 1.54) is 5.56 Å². The Morgan fingerprint density at radius 1 is 0.966 bits per heavy atom. The standard InChI is InChI=1S/C24H23ClN2O2/c25-20-12-10-18(11-13-20)15-26-24(28)14-21-17-29-23-9-5-4-8-22(23)27(21)16-19-6-2-1-3-7-19/h1-13,21H,14-17H2,(H,26,28). The first-order chi connectivity index (χ1) is 14.2. The molecule has 1 N–H and O–H groups in total. The van der Waals surface area contributed by atoms with Gasteiger partial charge in [0.05, 0.1) is 18.2 Å².